The Labute approximate surface area is 72.7 Å². The number of rotatable bonds is 0. The maximum atomic E-state index is 8.52. The smallest absolute Gasteiger partial charge is 0.759 e. The van der Waals surface area contributed by atoms with Gasteiger partial charge in [0.1, 0.15) is 0 Å². The molecule has 0 aromatic carbocycles. The Hall–Kier alpha value is 1.15. The van der Waals surface area contributed by atoms with Crippen molar-refractivity contribution in [3.05, 3.63) is 0 Å². The van der Waals surface area contributed by atoms with Crippen LogP contribution in [0.15, 0.2) is 0 Å². The molecule has 2 N–H and O–H groups in total. The zero-order valence-corrected chi connectivity index (χ0v) is 5.98. The molecule has 0 fully saturated rings. The summed E-state index contributed by atoms with van der Waals surface area (Å²) in [6.45, 7) is 0. The van der Waals surface area contributed by atoms with E-state index >= 15 is 0 Å². The van der Waals surface area contributed by atoms with Gasteiger partial charge in [-0.1, -0.05) is 0 Å². The van der Waals surface area contributed by atoms with Crippen LogP contribution in [0.2, 0.25) is 0 Å². The van der Waals surface area contributed by atoms with Gasteiger partial charge in [0.2, 0.25) is 0 Å². The summed E-state index contributed by atoms with van der Waals surface area (Å²) in [7, 11) is -5.17. The molecule has 7 heteroatoms. The summed E-state index contributed by atoms with van der Waals surface area (Å²) in [5, 5.41) is 0. The van der Waals surface area contributed by atoms with E-state index in [2.05, 4.69) is 0 Å². The molecule has 1 radical (unpaired) electrons. The van der Waals surface area contributed by atoms with Crippen LogP contribution in [0.3, 0.4) is 0 Å². The van der Waals surface area contributed by atoms with Crippen molar-refractivity contribution in [2.24, 2.45) is 0 Å². The fourth-order valence-electron chi connectivity index (χ4n) is 0. The molecule has 45 valence electrons. The second-order valence-electron chi connectivity index (χ2n) is 0.408. The van der Waals surface area contributed by atoms with Gasteiger partial charge in [-0.25, -0.2) is 0 Å². The predicted molar refractivity (Wildman–Crippen MR) is 14.1 cm³/mol. The molecule has 0 aromatic heterocycles. The van der Waals surface area contributed by atoms with Crippen molar-refractivity contribution >= 4 is 10.4 Å². The van der Waals surface area contributed by atoms with Gasteiger partial charge in [0, 0.05) is 10.4 Å². The van der Waals surface area contributed by atoms with E-state index < -0.39 is 10.4 Å². The third kappa shape index (κ3) is 143. The Bertz CT molecular complexity index is 91.2. The first-order chi connectivity index (χ1) is 2.00. The number of hydrogen-bond donors (Lipinski definition) is 0. The van der Waals surface area contributed by atoms with E-state index in [-0.39, 0.29) is 45.4 Å². The molecule has 5 nitrogen and oxygen atoms in total. The molecule has 0 aromatic rings. The molecule has 0 aliphatic rings. The first-order valence-electron chi connectivity index (χ1n) is 0.667. The zero-order valence-electron chi connectivity index (χ0n) is 2.89. The van der Waals surface area contributed by atoms with Gasteiger partial charge in [-0.3, -0.25) is 8.42 Å². The van der Waals surface area contributed by atoms with Crippen molar-refractivity contribution in [3.63, 3.8) is 0 Å². The Kier molecular flexibility index (Phi) is 11.9. The topological polar surface area (TPSA) is 112 Å². The molecule has 0 aliphatic carbocycles. The largest absolute Gasteiger partial charge is 3.00 e. The molecule has 0 amide bonds. The van der Waals surface area contributed by atoms with Gasteiger partial charge < -0.3 is 14.6 Å². The monoisotopic (exact) mass is 272 g/mol. The Morgan fingerprint density at radius 1 is 1.14 bits per heavy atom. The number of hydrogen-bond acceptors (Lipinski definition) is 4. The fourth-order valence-corrected chi connectivity index (χ4v) is 0. The third-order valence-corrected chi connectivity index (χ3v) is 0. The van der Waals surface area contributed by atoms with Crippen molar-refractivity contribution in [1.82, 2.24) is 0 Å². The molecule has 0 aliphatic heterocycles. The average molecular weight is 271 g/mol. The van der Waals surface area contributed by atoms with E-state index in [1.807, 2.05) is 0 Å². The molecule has 0 unspecified atom stereocenters. The van der Waals surface area contributed by atoms with Gasteiger partial charge in [-0.05, 0) is 0 Å². The van der Waals surface area contributed by atoms with Gasteiger partial charge in [-0.2, -0.15) is 0 Å². The van der Waals surface area contributed by atoms with Crippen molar-refractivity contribution in [2.45, 2.75) is 0 Å². The van der Waals surface area contributed by atoms with Crippen LogP contribution in [-0.4, -0.2) is 23.0 Å². The van der Waals surface area contributed by atoms with Gasteiger partial charge >= 0.3 is 39.9 Å². The first-order valence-corrected chi connectivity index (χ1v) is 2.00. The molecule has 0 spiro atoms. The van der Waals surface area contributed by atoms with Gasteiger partial charge in [0.15, 0.2) is 0 Å². The zero-order chi connectivity index (χ0) is 4.50. The second-order valence-corrected chi connectivity index (χ2v) is 1.22. The summed E-state index contributed by atoms with van der Waals surface area (Å²) < 4.78 is 34.1. The van der Waals surface area contributed by atoms with E-state index in [0.29, 0.717) is 0 Å². The Morgan fingerprint density at radius 3 is 1.14 bits per heavy atom. The minimum atomic E-state index is -5.17. The van der Waals surface area contributed by atoms with Crippen molar-refractivity contribution < 1.29 is 62.9 Å². The summed E-state index contributed by atoms with van der Waals surface area (Å²) in [4.78, 5) is 0. The average Bonchev–Trinajstić information content (AvgIpc) is 0.722. The van der Waals surface area contributed by atoms with Crippen LogP contribution in [-0.2, 0) is 10.4 Å². The summed E-state index contributed by atoms with van der Waals surface area (Å²) in [5.74, 6) is 0. The summed E-state index contributed by atoms with van der Waals surface area (Å²) in [6, 6.07) is 0. The molecule has 0 atom stereocenters. The van der Waals surface area contributed by atoms with E-state index in [0.717, 1.165) is 0 Å². The quantitative estimate of drug-likeness (QED) is 0.369. The maximum absolute atomic E-state index is 8.52. The molecule has 0 saturated carbocycles. The van der Waals surface area contributed by atoms with Crippen LogP contribution in [0.1, 0.15) is 0 Å². The minimum Gasteiger partial charge on any atom is -0.759 e. The van der Waals surface area contributed by atoms with Crippen LogP contribution in [0.4, 0.5) is 0 Å². The molecule has 7 heavy (non-hydrogen) atoms. The van der Waals surface area contributed by atoms with Gasteiger partial charge in [0.05, 0.1) is 0 Å². The fraction of sp³-hybridized carbons (Fsp3) is 0. The molecule has 0 heterocycles. The summed E-state index contributed by atoms with van der Waals surface area (Å²) >= 11 is 0. The van der Waals surface area contributed by atoms with E-state index in [1.54, 1.807) is 0 Å². The first kappa shape index (κ1) is 15.7. The van der Waals surface area contributed by atoms with Crippen LogP contribution in [0, 0.1) is 39.9 Å². The predicted octanol–water partition coefficient (Wildman–Crippen LogP) is -2.16. The molecule has 0 rings (SSSR count). The van der Waals surface area contributed by atoms with Crippen LogP contribution in [0.25, 0.3) is 0 Å². The van der Waals surface area contributed by atoms with E-state index in [9.17, 15) is 0 Å². The molecular formula is H2GdO5S+. The van der Waals surface area contributed by atoms with Crippen molar-refractivity contribution in [2.75, 3.05) is 0 Å². The summed E-state index contributed by atoms with van der Waals surface area (Å²) in [6.07, 6.45) is 0. The SMILES string of the molecule is O.O=S(=O)([O-])[O-].[Gd+3]. The maximum Gasteiger partial charge on any atom is 3.00 e. The third-order valence-electron chi connectivity index (χ3n) is 0. The minimum absolute atomic E-state index is 0. The van der Waals surface area contributed by atoms with E-state index in [1.165, 1.54) is 0 Å². The van der Waals surface area contributed by atoms with Gasteiger partial charge in [-0.15, -0.1) is 0 Å². The van der Waals surface area contributed by atoms with Crippen molar-refractivity contribution in [1.29, 1.82) is 0 Å². The molecular weight excluding hydrogens is 269 g/mol. The standard InChI is InChI=1S/Gd.H2O4S.H2O/c;1-5(2,3)4;/h;(H2,1,2,3,4);1H2/q+3;;/p-2. The van der Waals surface area contributed by atoms with Crippen molar-refractivity contribution in [3.8, 4) is 0 Å². The second kappa shape index (κ2) is 5.29. The summed E-state index contributed by atoms with van der Waals surface area (Å²) in [5.41, 5.74) is 0. The Balaban J connectivity index is -0.0000000800. The van der Waals surface area contributed by atoms with E-state index in [4.69, 9.17) is 17.5 Å². The van der Waals surface area contributed by atoms with Crippen LogP contribution < -0.4 is 0 Å². The van der Waals surface area contributed by atoms with Crippen LogP contribution >= 0.6 is 0 Å². The van der Waals surface area contributed by atoms with Crippen LogP contribution in [0.5, 0.6) is 0 Å². The molecule has 0 bridgehead atoms. The molecule has 0 saturated heterocycles. The normalized spacial score (nSPS) is 8.29. The Morgan fingerprint density at radius 2 is 1.14 bits per heavy atom. The van der Waals surface area contributed by atoms with Gasteiger partial charge in [0.25, 0.3) is 0 Å².